The van der Waals surface area contributed by atoms with Gasteiger partial charge in [-0.1, -0.05) is 29.8 Å². The molecule has 0 fully saturated rings. The lowest BCUT2D eigenvalue weighted by molar-refractivity contribution is 0.687. The summed E-state index contributed by atoms with van der Waals surface area (Å²) in [5.74, 6) is 0. The first-order chi connectivity index (χ1) is 11.6. The fourth-order valence-corrected chi connectivity index (χ4v) is 2.65. The van der Waals surface area contributed by atoms with Crippen molar-refractivity contribution in [1.82, 2.24) is 9.78 Å². The third-order valence-electron chi connectivity index (χ3n) is 3.55. The number of halogens is 1. The predicted molar refractivity (Wildman–Crippen MR) is 104 cm³/mol. The van der Waals surface area contributed by atoms with Crippen molar-refractivity contribution in [3.63, 3.8) is 0 Å². The van der Waals surface area contributed by atoms with Gasteiger partial charge in [0, 0.05) is 28.8 Å². The summed E-state index contributed by atoms with van der Waals surface area (Å²) in [5, 5.41) is 11.7. The van der Waals surface area contributed by atoms with Gasteiger partial charge in [0.05, 0.1) is 6.54 Å². The number of anilines is 2. The number of aromatic nitrogens is 2. The molecule has 0 radical (unpaired) electrons. The molecule has 2 aromatic carbocycles. The molecule has 0 bridgehead atoms. The molecule has 0 atom stereocenters. The maximum absolute atomic E-state index is 6.12. The van der Waals surface area contributed by atoms with Crippen LogP contribution in [0.3, 0.4) is 0 Å². The molecule has 24 heavy (non-hydrogen) atoms. The van der Waals surface area contributed by atoms with Crippen LogP contribution in [0.2, 0.25) is 5.02 Å². The average molecular weight is 357 g/mol. The van der Waals surface area contributed by atoms with Crippen LogP contribution in [0.1, 0.15) is 11.1 Å². The molecule has 0 unspecified atom stereocenters. The molecule has 3 rings (SSSR count). The Morgan fingerprint density at radius 3 is 2.50 bits per heavy atom. The van der Waals surface area contributed by atoms with Gasteiger partial charge in [0.25, 0.3) is 0 Å². The molecule has 122 valence electrons. The van der Waals surface area contributed by atoms with E-state index in [4.69, 9.17) is 23.8 Å². The average Bonchev–Trinajstić information content (AvgIpc) is 3.06. The molecule has 1 heterocycles. The van der Waals surface area contributed by atoms with Gasteiger partial charge in [-0.3, -0.25) is 4.68 Å². The third-order valence-corrected chi connectivity index (χ3v) is 4.16. The van der Waals surface area contributed by atoms with Gasteiger partial charge in [-0.15, -0.1) is 0 Å². The molecule has 0 saturated heterocycles. The van der Waals surface area contributed by atoms with Crippen LogP contribution in [0.25, 0.3) is 0 Å². The van der Waals surface area contributed by atoms with Crippen molar-refractivity contribution in [2.45, 2.75) is 13.5 Å². The molecular weight excluding hydrogens is 340 g/mol. The number of hydrogen-bond donors (Lipinski definition) is 2. The standard InChI is InChI=1S/C18H17ClN4S/c1-13-3-6-16(11-17(13)19)22-18(24)21-15-7-4-14(5-8-15)12-23-10-2-9-20-23/h2-11H,12H2,1H3,(H2,21,22,24). The van der Waals surface area contributed by atoms with Crippen molar-refractivity contribution in [1.29, 1.82) is 0 Å². The summed E-state index contributed by atoms with van der Waals surface area (Å²) in [6.45, 7) is 2.71. The van der Waals surface area contributed by atoms with Gasteiger partial charge in [-0.05, 0) is 60.6 Å². The highest BCUT2D eigenvalue weighted by molar-refractivity contribution is 7.80. The van der Waals surface area contributed by atoms with Crippen molar-refractivity contribution < 1.29 is 0 Å². The minimum absolute atomic E-state index is 0.523. The zero-order valence-corrected chi connectivity index (χ0v) is 14.7. The quantitative estimate of drug-likeness (QED) is 0.665. The van der Waals surface area contributed by atoms with Gasteiger partial charge in [0.1, 0.15) is 0 Å². The van der Waals surface area contributed by atoms with Crippen LogP contribution in [0.5, 0.6) is 0 Å². The molecule has 0 aliphatic heterocycles. The molecule has 0 saturated carbocycles. The Labute approximate surface area is 151 Å². The topological polar surface area (TPSA) is 41.9 Å². The lowest BCUT2D eigenvalue weighted by Gasteiger charge is -2.12. The smallest absolute Gasteiger partial charge is 0.175 e. The second-order valence-electron chi connectivity index (χ2n) is 5.44. The molecular formula is C18H17ClN4S. The molecule has 0 aliphatic rings. The van der Waals surface area contributed by atoms with E-state index in [1.165, 1.54) is 5.56 Å². The first kappa shape index (κ1) is 16.5. The van der Waals surface area contributed by atoms with Gasteiger partial charge in [0.2, 0.25) is 0 Å². The Balaban J connectivity index is 1.58. The summed E-state index contributed by atoms with van der Waals surface area (Å²) in [5.41, 5.74) is 4.00. The molecule has 3 aromatic rings. The molecule has 1 aromatic heterocycles. The van der Waals surface area contributed by atoms with E-state index in [1.54, 1.807) is 6.20 Å². The first-order valence-electron chi connectivity index (χ1n) is 7.51. The van der Waals surface area contributed by atoms with Gasteiger partial charge >= 0.3 is 0 Å². The Bertz CT molecular complexity index is 829. The highest BCUT2D eigenvalue weighted by atomic mass is 35.5. The van der Waals surface area contributed by atoms with Crippen LogP contribution in [0.4, 0.5) is 11.4 Å². The number of hydrogen-bond acceptors (Lipinski definition) is 2. The number of benzene rings is 2. The normalized spacial score (nSPS) is 10.4. The van der Waals surface area contributed by atoms with Crippen molar-refractivity contribution in [2.75, 3.05) is 10.6 Å². The van der Waals surface area contributed by atoms with Gasteiger partial charge in [0.15, 0.2) is 5.11 Å². The Kier molecular flexibility index (Phi) is 5.13. The van der Waals surface area contributed by atoms with Gasteiger partial charge < -0.3 is 10.6 Å². The summed E-state index contributed by atoms with van der Waals surface area (Å²) >= 11 is 11.5. The number of nitrogens with one attached hydrogen (secondary N) is 2. The highest BCUT2D eigenvalue weighted by Crippen LogP contribution is 2.20. The van der Waals surface area contributed by atoms with E-state index in [1.807, 2.05) is 54.2 Å². The second kappa shape index (κ2) is 7.47. The summed E-state index contributed by atoms with van der Waals surface area (Å²) < 4.78 is 1.88. The van der Waals surface area contributed by atoms with Crippen LogP contribution in [0.15, 0.2) is 60.9 Å². The number of aryl methyl sites for hydroxylation is 1. The van der Waals surface area contributed by atoms with E-state index in [-0.39, 0.29) is 0 Å². The molecule has 0 aliphatic carbocycles. The van der Waals surface area contributed by atoms with Gasteiger partial charge in [-0.2, -0.15) is 5.10 Å². The molecule has 0 amide bonds. The van der Waals surface area contributed by atoms with Crippen molar-refractivity contribution in [2.24, 2.45) is 0 Å². The van der Waals surface area contributed by atoms with Crippen molar-refractivity contribution in [3.8, 4) is 0 Å². The zero-order valence-electron chi connectivity index (χ0n) is 13.2. The summed E-state index contributed by atoms with van der Waals surface area (Å²) in [6, 6.07) is 15.8. The Hall–Kier alpha value is -2.37. The van der Waals surface area contributed by atoms with Crippen molar-refractivity contribution in [3.05, 3.63) is 77.1 Å². The maximum atomic E-state index is 6.12. The molecule has 2 N–H and O–H groups in total. The lowest BCUT2D eigenvalue weighted by atomic mass is 10.2. The highest BCUT2D eigenvalue weighted by Gasteiger charge is 2.02. The Morgan fingerprint density at radius 1 is 1.12 bits per heavy atom. The van der Waals surface area contributed by atoms with Gasteiger partial charge in [-0.25, -0.2) is 0 Å². The summed E-state index contributed by atoms with van der Waals surface area (Å²) in [7, 11) is 0. The fourth-order valence-electron chi connectivity index (χ4n) is 2.24. The van der Waals surface area contributed by atoms with Crippen LogP contribution >= 0.6 is 23.8 Å². The lowest BCUT2D eigenvalue weighted by Crippen LogP contribution is -2.19. The first-order valence-corrected chi connectivity index (χ1v) is 8.29. The minimum atomic E-state index is 0.523. The van der Waals surface area contributed by atoms with Crippen LogP contribution in [0, 0.1) is 6.92 Å². The number of nitrogens with zero attached hydrogens (tertiary/aromatic N) is 2. The van der Waals surface area contributed by atoms with E-state index in [0.717, 1.165) is 23.5 Å². The summed E-state index contributed by atoms with van der Waals surface area (Å²) in [4.78, 5) is 0. The van der Waals surface area contributed by atoms with Crippen LogP contribution < -0.4 is 10.6 Å². The van der Waals surface area contributed by atoms with E-state index in [9.17, 15) is 0 Å². The molecule has 6 heteroatoms. The largest absolute Gasteiger partial charge is 0.332 e. The minimum Gasteiger partial charge on any atom is -0.332 e. The van der Waals surface area contributed by atoms with E-state index >= 15 is 0 Å². The van der Waals surface area contributed by atoms with E-state index in [2.05, 4.69) is 27.9 Å². The number of thiocarbonyl (C=S) groups is 1. The maximum Gasteiger partial charge on any atom is 0.175 e. The van der Waals surface area contributed by atoms with Crippen LogP contribution in [-0.2, 0) is 6.54 Å². The predicted octanol–water partition coefficient (Wildman–Crippen LogP) is 4.70. The third kappa shape index (κ3) is 4.34. The molecule has 0 spiro atoms. The van der Waals surface area contributed by atoms with E-state index in [0.29, 0.717) is 10.1 Å². The monoisotopic (exact) mass is 356 g/mol. The SMILES string of the molecule is Cc1ccc(NC(=S)Nc2ccc(Cn3cccn3)cc2)cc1Cl. The van der Waals surface area contributed by atoms with Crippen LogP contribution in [-0.4, -0.2) is 14.9 Å². The molecule has 4 nitrogen and oxygen atoms in total. The number of rotatable bonds is 4. The van der Waals surface area contributed by atoms with E-state index < -0.39 is 0 Å². The second-order valence-corrected chi connectivity index (χ2v) is 6.26. The summed E-state index contributed by atoms with van der Waals surface area (Å²) in [6.07, 6.45) is 3.72. The Morgan fingerprint density at radius 2 is 1.83 bits per heavy atom. The fraction of sp³-hybridized carbons (Fsp3) is 0.111. The van der Waals surface area contributed by atoms with Crippen molar-refractivity contribution >= 4 is 40.3 Å². The zero-order chi connectivity index (χ0) is 16.9.